The van der Waals surface area contributed by atoms with Gasteiger partial charge in [0, 0.05) is 30.6 Å². The third kappa shape index (κ3) is 3.36. The number of carbonyl (C=O) groups is 2. The fraction of sp³-hybridized carbons (Fsp3) is 0.591. The molecule has 0 bridgehead atoms. The molecule has 7 nitrogen and oxygen atoms in total. The highest BCUT2D eigenvalue weighted by molar-refractivity contribution is 6.08. The second kappa shape index (κ2) is 7.04. The van der Waals surface area contributed by atoms with E-state index < -0.39 is 5.54 Å². The van der Waals surface area contributed by atoms with Crippen LogP contribution in [0.4, 0.5) is 5.69 Å². The lowest BCUT2D eigenvalue weighted by Crippen LogP contribution is -2.46. The SMILES string of the molecule is CCC1=NC2(CCC(C(=O)Nc3ccc4c(c3)OCO4)CC2)C(=O)N1CC1CC1. The molecule has 0 atom stereocenters. The Kier molecular flexibility index (Phi) is 4.48. The van der Waals surface area contributed by atoms with E-state index in [0.717, 1.165) is 18.8 Å². The fourth-order valence-corrected chi connectivity index (χ4v) is 4.64. The van der Waals surface area contributed by atoms with Gasteiger partial charge in [-0.2, -0.15) is 0 Å². The molecule has 2 aliphatic heterocycles. The Labute approximate surface area is 170 Å². The normalized spacial score (nSPS) is 28.0. The molecule has 1 aromatic carbocycles. The summed E-state index contributed by atoms with van der Waals surface area (Å²) in [6.07, 6.45) is 5.88. The summed E-state index contributed by atoms with van der Waals surface area (Å²) < 4.78 is 10.7. The smallest absolute Gasteiger partial charge is 0.255 e. The van der Waals surface area contributed by atoms with Gasteiger partial charge in [0.05, 0.1) is 0 Å². The molecule has 0 radical (unpaired) electrons. The number of carbonyl (C=O) groups excluding carboxylic acids is 2. The maximum Gasteiger partial charge on any atom is 0.255 e. The quantitative estimate of drug-likeness (QED) is 0.826. The number of fused-ring (bicyclic) bond motifs is 1. The molecule has 2 saturated carbocycles. The molecule has 4 aliphatic rings. The molecular formula is C22H27N3O4. The topological polar surface area (TPSA) is 80.2 Å². The molecule has 1 aromatic rings. The molecule has 1 N–H and O–H groups in total. The van der Waals surface area contributed by atoms with Crippen LogP contribution in [0.25, 0.3) is 0 Å². The third-order valence-corrected chi connectivity index (χ3v) is 6.58. The molecular weight excluding hydrogens is 370 g/mol. The fourth-order valence-electron chi connectivity index (χ4n) is 4.64. The minimum absolute atomic E-state index is 0.00121. The van der Waals surface area contributed by atoms with Crippen molar-refractivity contribution in [1.29, 1.82) is 0 Å². The Bertz CT molecular complexity index is 869. The van der Waals surface area contributed by atoms with Crippen molar-refractivity contribution in [2.75, 3.05) is 18.7 Å². The van der Waals surface area contributed by atoms with Gasteiger partial charge in [-0.15, -0.1) is 0 Å². The zero-order chi connectivity index (χ0) is 20.0. The molecule has 2 heterocycles. The number of nitrogens with one attached hydrogen (secondary N) is 1. The molecule has 29 heavy (non-hydrogen) atoms. The molecule has 2 amide bonds. The first-order chi connectivity index (χ1) is 14.1. The number of ether oxygens (including phenoxy) is 2. The maximum absolute atomic E-state index is 13.2. The van der Waals surface area contributed by atoms with E-state index in [1.54, 1.807) is 12.1 Å². The number of hydrogen-bond acceptors (Lipinski definition) is 5. The molecule has 1 spiro atoms. The van der Waals surface area contributed by atoms with Crippen molar-refractivity contribution < 1.29 is 19.1 Å². The summed E-state index contributed by atoms with van der Waals surface area (Å²) in [6, 6.07) is 5.42. The lowest BCUT2D eigenvalue weighted by atomic mass is 9.76. The summed E-state index contributed by atoms with van der Waals surface area (Å²) in [5.41, 5.74) is 0.0776. The molecule has 7 heteroatoms. The number of rotatable bonds is 5. The van der Waals surface area contributed by atoms with Crippen LogP contribution < -0.4 is 14.8 Å². The van der Waals surface area contributed by atoms with Gasteiger partial charge in [0.15, 0.2) is 11.5 Å². The van der Waals surface area contributed by atoms with Gasteiger partial charge >= 0.3 is 0 Å². The zero-order valence-corrected chi connectivity index (χ0v) is 16.8. The van der Waals surface area contributed by atoms with Crippen LogP contribution in [0.5, 0.6) is 11.5 Å². The van der Waals surface area contributed by atoms with Gasteiger partial charge in [-0.1, -0.05) is 6.92 Å². The van der Waals surface area contributed by atoms with Crippen LogP contribution in [0, 0.1) is 11.8 Å². The van der Waals surface area contributed by atoms with Gasteiger partial charge < -0.3 is 14.8 Å². The Balaban J connectivity index is 1.22. The summed E-state index contributed by atoms with van der Waals surface area (Å²) in [5, 5.41) is 2.99. The van der Waals surface area contributed by atoms with Crippen LogP contribution in [0.15, 0.2) is 23.2 Å². The number of nitrogens with zero attached hydrogens (tertiary/aromatic N) is 2. The van der Waals surface area contributed by atoms with E-state index in [-0.39, 0.29) is 24.5 Å². The third-order valence-electron chi connectivity index (χ3n) is 6.58. The number of benzene rings is 1. The van der Waals surface area contributed by atoms with Gasteiger partial charge in [-0.3, -0.25) is 19.5 Å². The van der Waals surface area contributed by atoms with E-state index in [9.17, 15) is 9.59 Å². The van der Waals surface area contributed by atoms with Crippen LogP contribution in [-0.4, -0.2) is 41.4 Å². The number of aliphatic imine (C=N–C) groups is 1. The zero-order valence-electron chi connectivity index (χ0n) is 16.8. The van der Waals surface area contributed by atoms with Crippen LogP contribution >= 0.6 is 0 Å². The number of anilines is 1. The van der Waals surface area contributed by atoms with Crippen molar-refractivity contribution in [2.24, 2.45) is 16.8 Å². The molecule has 5 rings (SSSR count). The Morgan fingerprint density at radius 3 is 2.69 bits per heavy atom. The van der Waals surface area contributed by atoms with Gasteiger partial charge in [0.1, 0.15) is 11.4 Å². The lowest BCUT2D eigenvalue weighted by Gasteiger charge is -2.33. The number of amidine groups is 1. The summed E-state index contributed by atoms with van der Waals surface area (Å²) in [4.78, 5) is 32.8. The Morgan fingerprint density at radius 1 is 1.21 bits per heavy atom. The molecule has 154 valence electrons. The summed E-state index contributed by atoms with van der Waals surface area (Å²) in [6.45, 7) is 3.10. The highest BCUT2D eigenvalue weighted by atomic mass is 16.7. The first-order valence-corrected chi connectivity index (χ1v) is 10.7. The van der Waals surface area contributed by atoms with Crippen molar-refractivity contribution in [2.45, 2.75) is 57.4 Å². The van der Waals surface area contributed by atoms with Crippen molar-refractivity contribution in [3.8, 4) is 11.5 Å². The second-order valence-electron chi connectivity index (χ2n) is 8.60. The van der Waals surface area contributed by atoms with Crippen molar-refractivity contribution in [3.63, 3.8) is 0 Å². The second-order valence-corrected chi connectivity index (χ2v) is 8.60. The van der Waals surface area contributed by atoms with Crippen molar-refractivity contribution >= 4 is 23.3 Å². The molecule has 2 fully saturated rings. The summed E-state index contributed by atoms with van der Waals surface area (Å²) in [5.74, 6) is 2.99. The van der Waals surface area contributed by atoms with E-state index in [4.69, 9.17) is 14.5 Å². The van der Waals surface area contributed by atoms with E-state index in [1.165, 1.54) is 12.8 Å². The lowest BCUT2D eigenvalue weighted by molar-refractivity contribution is -0.134. The van der Waals surface area contributed by atoms with Crippen LogP contribution in [-0.2, 0) is 9.59 Å². The predicted octanol–water partition coefficient (Wildman–Crippen LogP) is 3.34. The predicted molar refractivity (Wildman–Crippen MR) is 108 cm³/mol. The largest absolute Gasteiger partial charge is 0.454 e. The van der Waals surface area contributed by atoms with Crippen LogP contribution in [0.2, 0.25) is 0 Å². The number of amides is 2. The molecule has 0 unspecified atom stereocenters. The maximum atomic E-state index is 13.2. The minimum atomic E-state index is -0.629. The van der Waals surface area contributed by atoms with Gasteiger partial charge in [0.25, 0.3) is 5.91 Å². The highest BCUT2D eigenvalue weighted by Crippen LogP contribution is 2.42. The first-order valence-electron chi connectivity index (χ1n) is 10.7. The highest BCUT2D eigenvalue weighted by Gasteiger charge is 2.50. The average molecular weight is 397 g/mol. The van der Waals surface area contributed by atoms with Gasteiger partial charge in [-0.05, 0) is 56.6 Å². The van der Waals surface area contributed by atoms with E-state index in [1.807, 2.05) is 11.0 Å². The Morgan fingerprint density at radius 2 is 1.97 bits per heavy atom. The summed E-state index contributed by atoms with van der Waals surface area (Å²) >= 11 is 0. The molecule has 0 saturated heterocycles. The van der Waals surface area contributed by atoms with E-state index >= 15 is 0 Å². The molecule has 0 aromatic heterocycles. The number of hydrogen-bond donors (Lipinski definition) is 1. The van der Waals surface area contributed by atoms with Crippen molar-refractivity contribution in [1.82, 2.24) is 4.90 Å². The van der Waals surface area contributed by atoms with Crippen LogP contribution in [0.1, 0.15) is 51.9 Å². The van der Waals surface area contributed by atoms with E-state index in [0.29, 0.717) is 48.8 Å². The van der Waals surface area contributed by atoms with Crippen molar-refractivity contribution in [3.05, 3.63) is 18.2 Å². The van der Waals surface area contributed by atoms with Gasteiger partial charge in [0.2, 0.25) is 12.7 Å². The molecule has 2 aliphatic carbocycles. The Hall–Kier alpha value is -2.57. The van der Waals surface area contributed by atoms with Gasteiger partial charge in [-0.25, -0.2) is 0 Å². The average Bonchev–Trinajstić information content (AvgIpc) is 3.37. The minimum Gasteiger partial charge on any atom is -0.454 e. The monoisotopic (exact) mass is 397 g/mol. The van der Waals surface area contributed by atoms with Crippen LogP contribution in [0.3, 0.4) is 0 Å². The standard InChI is InChI=1S/C22H27N3O4/c1-2-19-24-22(21(27)25(19)12-14-3-4-14)9-7-15(8-10-22)20(26)23-16-5-6-17-18(11-16)29-13-28-17/h5-6,11,14-15H,2-4,7-10,12-13H2,1H3,(H,23,26). The summed E-state index contributed by atoms with van der Waals surface area (Å²) in [7, 11) is 0. The first kappa shape index (κ1) is 18.5. The van der Waals surface area contributed by atoms with E-state index in [2.05, 4.69) is 12.2 Å².